The minimum Gasteiger partial charge on any atom is -0.336 e. The lowest BCUT2D eigenvalue weighted by Crippen LogP contribution is -2.57. The third-order valence-corrected chi connectivity index (χ3v) is 8.93. The summed E-state index contributed by atoms with van der Waals surface area (Å²) in [5, 5.41) is 2.62. The van der Waals surface area contributed by atoms with Crippen LogP contribution < -0.4 is 5.32 Å². The molecule has 0 radical (unpaired) electrons. The van der Waals surface area contributed by atoms with Crippen LogP contribution in [-0.4, -0.2) is 67.5 Å². The molecule has 1 N–H and O–H groups in total. The lowest BCUT2D eigenvalue weighted by atomic mass is 10.1. The highest BCUT2D eigenvalue weighted by molar-refractivity contribution is 7.92. The van der Waals surface area contributed by atoms with E-state index in [1.165, 1.54) is 29.2 Å². The highest BCUT2D eigenvalue weighted by atomic mass is 35.5. The fourth-order valence-corrected chi connectivity index (χ4v) is 6.13. The highest BCUT2D eigenvalue weighted by Gasteiger charge is 2.39. The summed E-state index contributed by atoms with van der Waals surface area (Å²) in [6.07, 6.45) is 0. The first-order valence-corrected chi connectivity index (χ1v) is 14.0. The Kier molecular flexibility index (Phi) is 7.77. The van der Waals surface area contributed by atoms with Crippen LogP contribution in [0, 0.1) is 6.92 Å². The zero-order chi connectivity index (χ0) is 25.9. The number of amides is 3. The molecule has 3 amide bonds. The van der Waals surface area contributed by atoms with Gasteiger partial charge in [0.2, 0.25) is 15.2 Å². The summed E-state index contributed by atoms with van der Waals surface area (Å²) < 4.78 is 26.9. The number of hydrogen-bond donors (Lipinski definition) is 1. The van der Waals surface area contributed by atoms with Gasteiger partial charge in [0.15, 0.2) is 0 Å². The molecule has 4 rings (SSSR count). The van der Waals surface area contributed by atoms with Crippen molar-refractivity contribution in [3.8, 4) is 0 Å². The maximum Gasteiger partial charge on any atom is 0.262 e. The first-order valence-electron chi connectivity index (χ1n) is 11.2. The van der Waals surface area contributed by atoms with Crippen molar-refractivity contribution in [1.29, 1.82) is 0 Å². The average molecular weight is 546 g/mol. The maximum atomic E-state index is 13.5. The minimum absolute atomic E-state index is 0.134. The number of sulfone groups is 1. The van der Waals surface area contributed by atoms with Crippen molar-refractivity contribution in [1.82, 2.24) is 15.1 Å². The molecule has 8 nitrogen and oxygen atoms in total. The molecule has 36 heavy (non-hydrogen) atoms. The normalized spacial score (nSPS) is 14.8. The van der Waals surface area contributed by atoms with E-state index in [9.17, 15) is 22.8 Å². The molecule has 0 spiro atoms. The third kappa shape index (κ3) is 5.45. The molecule has 0 bridgehead atoms. The second-order valence-electron chi connectivity index (χ2n) is 8.26. The lowest BCUT2D eigenvalue weighted by molar-refractivity contribution is -0.132. The summed E-state index contributed by atoms with van der Waals surface area (Å²) in [5.74, 6) is -1.55. The van der Waals surface area contributed by atoms with E-state index >= 15 is 0 Å². The Morgan fingerprint density at radius 3 is 2.17 bits per heavy atom. The fraction of sp³-hybridized carbons (Fsp3) is 0.240. The van der Waals surface area contributed by atoms with E-state index in [0.717, 1.165) is 16.9 Å². The molecular weight excluding hydrogens is 522 g/mol. The SMILES string of the molecule is Cc1ccccc1C(=O)N1CCN(C(=O)C(NC(=O)c2cccs2)S(=O)(=O)c2ccc(Cl)cc2)CC1. The Bertz CT molecular complexity index is 1370. The number of piperazine rings is 1. The largest absolute Gasteiger partial charge is 0.336 e. The van der Waals surface area contributed by atoms with Gasteiger partial charge in [0.25, 0.3) is 17.7 Å². The Balaban J connectivity index is 1.54. The molecule has 1 saturated heterocycles. The summed E-state index contributed by atoms with van der Waals surface area (Å²) in [6, 6.07) is 15.9. The summed E-state index contributed by atoms with van der Waals surface area (Å²) in [6.45, 7) is 2.61. The molecule has 0 saturated carbocycles. The van der Waals surface area contributed by atoms with Crippen LogP contribution in [0.5, 0.6) is 0 Å². The van der Waals surface area contributed by atoms with Gasteiger partial charge in [-0.15, -0.1) is 11.3 Å². The maximum absolute atomic E-state index is 13.5. The molecular formula is C25H24ClN3O5S2. The van der Waals surface area contributed by atoms with Gasteiger partial charge in [-0.1, -0.05) is 35.9 Å². The Hall–Kier alpha value is -3.21. The van der Waals surface area contributed by atoms with Crippen molar-refractivity contribution >= 4 is 50.5 Å². The van der Waals surface area contributed by atoms with E-state index in [1.54, 1.807) is 34.5 Å². The van der Waals surface area contributed by atoms with E-state index in [-0.39, 0.29) is 41.9 Å². The standard InChI is InChI=1S/C25H24ClN3O5S2/c1-17-5-2-3-6-20(17)24(31)28-12-14-29(15-13-28)25(32)23(27-22(30)21-7-4-16-35-21)36(33,34)19-10-8-18(26)9-11-19/h2-11,16,23H,12-15H2,1H3,(H,27,30). The van der Waals surface area contributed by atoms with Gasteiger partial charge in [-0.2, -0.15) is 0 Å². The summed E-state index contributed by atoms with van der Waals surface area (Å²) in [4.78, 5) is 42.4. The molecule has 2 aromatic carbocycles. The number of nitrogens with one attached hydrogen (secondary N) is 1. The van der Waals surface area contributed by atoms with Crippen molar-refractivity contribution in [2.45, 2.75) is 17.2 Å². The number of halogens is 1. The van der Waals surface area contributed by atoms with Gasteiger partial charge in [0.1, 0.15) is 0 Å². The second kappa shape index (κ2) is 10.8. The number of aryl methyl sites for hydroxylation is 1. The number of carbonyl (C=O) groups is 3. The van der Waals surface area contributed by atoms with Crippen LogP contribution in [0.25, 0.3) is 0 Å². The monoisotopic (exact) mass is 545 g/mol. The molecule has 2 heterocycles. The lowest BCUT2D eigenvalue weighted by Gasteiger charge is -2.36. The third-order valence-electron chi connectivity index (χ3n) is 5.94. The van der Waals surface area contributed by atoms with E-state index in [4.69, 9.17) is 11.6 Å². The van der Waals surface area contributed by atoms with E-state index < -0.39 is 27.0 Å². The molecule has 1 aromatic heterocycles. The molecule has 1 aliphatic heterocycles. The molecule has 0 aliphatic carbocycles. The van der Waals surface area contributed by atoms with E-state index in [1.807, 2.05) is 19.1 Å². The highest BCUT2D eigenvalue weighted by Crippen LogP contribution is 2.21. The molecule has 3 aromatic rings. The van der Waals surface area contributed by atoms with Gasteiger partial charge in [-0.25, -0.2) is 8.42 Å². The zero-order valence-corrected chi connectivity index (χ0v) is 21.8. The summed E-state index contributed by atoms with van der Waals surface area (Å²) in [7, 11) is -4.29. The number of rotatable bonds is 6. The zero-order valence-electron chi connectivity index (χ0n) is 19.4. The first-order chi connectivity index (χ1) is 17.2. The van der Waals surface area contributed by atoms with Crippen LogP contribution in [0.4, 0.5) is 0 Å². The van der Waals surface area contributed by atoms with Gasteiger partial charge in [0, 0.05) is 36.8 Å². The van der Waals surface area contributed by atoms with Crippen LogP contribution in [-0.2, 0) is 14.6 Å². The number of nitrogens with zero attached hydrogens (tertiary/aromatic N) is 2. The van der Waals surface area contributed by atoms with Crippen LogP contribution in [0.3, 0.4) is 0 Å². The van der Waals surface area contributed by atoms with Crippen LogP contribution in [0.1, 0.15) is 25.6 Å². The van der Waals surface area contributed by atoms with Gasteiger partial charge in [0.05, 0.1) is 9.77 Å². The van der Waals surface area contributed by atoms with Crippen molar-refractivity contribution in [3.05, 3.63) is 87.1 Å². The van der Waals surface area contributed by atoms with Gasteiger partial charge < -0.3 is 15.1 Å². The van der Waals surface area contributed by atoms with Gasteiger partial charge >= 0.3 is 0 Å². The number of carbonyl (C=O) groups excluding carboxylic acids is 3. The van der Waals surface area contributed by atoms with Crippen molar-refractivity contribution < 1.29 is 22.8 Å². The Labute approximate surface area is 218 Å². The van der Waals surface area contributed by atoms with Gasteiger partial charge in [-0.3, -0.25) is 14.4 Å². The summed E-state index contributed by atoms with van der Waals surface area (Å²) >= 11 is 7.04. The fourth-order valence-electron chi connectivity index (χ4n) is 3.91. The van der Waals surface area contributed by atoms with Crippen molar-refractivity contribution in [2.75, 3.05) is 26.2 Å². The van der Waals surface area contributed by atoms with Crippen molar-refractivity contribution in [3.63, 3.8) is 0 Å². The predicted molar refractivity (Wildman–Crippen MR) is 138 cm³/mol. The molecule has 1 fully saturated rings. The number of benzene rings is 2. The predicted octanol–water partition coefficient (Wildman–Crippen LogP) is 3.22. The van der Waals surface area contributed by atoms with Gasteiger partial charge in [-0.05, 0) is 54.3 Å². The minimum atomic E-state index is -4.29. The van der Waals surface area contributed by atoms with Crippen LogP contribution in [0.2, 0.25) is 5.02 Å². The topological polar surface area (TPSA) is 104 Å². The van der Waals surface area contributed by atoms with E-state index in [2.05, 4.69) is 5.32 Å². The molecule has 188 valence electrons. The van der Waals surface area contributed by atoms with Crippen molar-refractivity contribution in [2.24, 2.45) is 0 Å². The smallest absolute Gasteiger partial charge is 0.262 e. The molecule has 1 atom stereocenters. The average Bonchev–Trinajstić information content (AvgIpc) is 3.42. The number of thiophene rings is 1. The van der Waals surface area contributed by atoms with E-state index in [0.29, 0.717) is 10.6 Å². The van der Waals surface area contributed by atoms with Crippen LogP contribution in [0.15, 0.2) is 70.9 Å². The quantitative estimate of drug-likeness (QED) is 0.512. The molecule has 11 heteroatoms. The Morgan fingerprint density at radius 2 is 1.56 bits per heavy atom. The summed E-state index contributed by atoms with van der Waals surface area (Å²) in [5.41, 5.74) is 1.44. The Morgan fingerprint density at radius 1 is 0.917 bits per heavy atom. The second-order valence-corrected chi connectivity index (χ2v) is 11.7. The molecule has 1 unspecified atom stereocenters. The van der Waals surface area contributed by atoms with Crippen LogP contribution >= 0.6 is 22.9 Å². The first kappa shape index (κ1) is 25.9. The molecule has 1 aliphatic rings. The number of hydrogen-bond acceptors (Lipinski definition) is 6.